The van der Waals surface area contributed by atoms with Gasteiger partial charge in [0.25, 0.3) is 5.92 Å². The van der Waals surface area contributed by atoms with E-state index in [4.69, 9.17) is 10.1 Å². The van der Waals surface area contributed by atoms with Crippen LogP contribution in [0, 0.1) is 0 Å². The first kappa shape index (κ1) is 20.5. The monoisotopic (exact) mass is 450 g/mol. The van der Waals surface area contributed by atoms with Crippen molar-refractivity contribution in [2.45, 2.75) is 75.2 Å². The Bertz CT molecular complexity index is 1210. The maximum absolute atomic E-state index is 14.5. The van der Waals surface area contributed by atoms with Crippen molar-refractivity contribution in [2.24, 2.45) is 9.50 Å². The Kier molecular flexibility index (Phi) is 4.67. The lowest BCUT2D eigenvalue weighted by atomic mass is 10.0. The Labute approximate surface area is 178 Å². The van der Waals surface area contributed by atoms with Crippen LogP contribution in [0.1, 0.15) is 66.7 Å². The van der Waals surface area contributed by atoms with Gasteiger partial charge in [-0.2, -0.15) is 13.9 Å². The van der Waals surface area contributed by atoms with Crippen LogP contribution < -0.4 is 10.5 Å². The summed E-state index contributed by atoms with van der Waals surface area (Å²) in [5.74, 6) is -2.92. The van der Waals surface area contributed by atoms with Crippen molar-refractivity contribution in [1.29, 1.82) is 0 Å². The molecule has 0 saturated carbocycles. The molecule has 1 aliphatic heterocycles. The maximum Gasteiger partial charge on any atom is 0.354 e. The standard InChI is InChI=1S/C20H24F2N6O2S/c1-11-6-7-13-16(11)25-14-5-2-4-12(14)17(13)26-19(29)27-31(23,30)15-10-24-28-9-3-8-20(21,22)18(15)28/h10-11H,2-9H2,1H3,(H3,23,25,26,27,29,30). The van der Waals surface area contributed by atoms with E-state index in [1.54, 1.807) is 0 Å². The number of fused-ring (bicyclic) bond motifs is 3. The van der Waals surface area contributed by atoms with Crippen LogP contribution in [0.3, 0.4) is 0 Å². The van der Waals surface area contributed by atoms with Crippen molar-refractivity contribution in [3.8, 4) is 0 Å². The smallest absolute Gasteiger partial charge is 0.305 e. The van der Waals surface area contributed by atoms with Gasteiger partial charge in [-0.25, -0.2) is 14.1 Å². The summed E-state index contributed by atoms with van der Waals surface area (Å²) in [5.41, 5.74) is 4.08. The van der Waals surface area contributed by atoms with Crippen molar-refractivity contribution in [3.63, 3.8) is 0 Å². The molecule has 2 amide bonds. The molecule has 166 valence electrons. The number of hydrogen-bond acceptors (Lipinski definition) is 4. The molecule has 0 saturated heterocycles. The number of alkyl halides is 2. The number of carbonyl (C=O) groups is 1. The van der Waals surface area contributed by atoms with Gasteiger partial charge in [-0.1, -0.05) is 6.92 Å². The molecule has 5 rings (SSSR count). The van der Waals surface area contributed by atoms with Crippen LogP contribution >= 0.6 is 0 Å². The summed E-state index contributed by atoms with van der Waals surface area (Å²) in [6.07, 6.45) is 5.22. The summed E-state index contributed by atoms with van der Waals surface area (Å²) < 4.78 is 46.7. The Morgan fingerprint density at radius 2 is 2.13 bits per heavy atom. The molecule has 11 heteroatoms. The summed E-state index contributed by atoms with van der Waals surface area (Å²) in [4.78, 5) is 17.2. The number of halogens is 2. The van der Waals surface area contributed by atoms with Gasteiger partial charge < -0.3 is 5.32 Å². The first-order valence-corrected chi connectivity index (χ1v) is 12.1. The number of aryl methyl sites for hydroxylation is 2. The molecular weight excluding hydrogens is 426 g/mol. The molecule has 2 aromatic rings. The van der Waals surface area contributed by atoms with Crippen LogP contribution in [-0.2, 0) is 41.6 Å². The summed E-state index contributed by atoms with van der Waals surface area (Å²) in [6.45, 7) is 2.38. The first-order chi connectivity index (χ1) is 14.7. The maximum atomic E-state index is 14.5. The minimum atomic E-state index is -3.90. The number of amides is 2. The van der Waals surface area contributed by atoms with E-state index in [0.717, 1.165) is 65.5 Å². The van der Waals surface area contributed by atoms with Crippen LogP contribution in [0.25, 0.3) is 0 Å². The van der Waals surface area contributed by atoms with E-state index in [1.165, 1.54) is 0 Å². The van der Waals surface area contributed by atoms with Crippen molar-refractivity contribution >= 4 is 21.6 Å². The Morgan fingerprint density at radius 3 is 2.94 bits per heavy atom. The summed E-state index contributed by atoms with van der Waals surface area (Å²) >= 11 is 0. The van der Waals surface area contributed by atoms with E-state index in [2.05, 4.69) is 21.7 Å². The molecule has 0 bridgehead atoms. The zero-order chi connectivity index (χ0) is 22.0. The average Bonchev–Trinajstić information content (AvgIpc) is 3.40. The lowest BCUT2D eigenvalue weighted by Crippen LogP contribution is -2.29. The molecule has 2 aliphatic carbocycles. The minimum Gasteiger partial charge on any atom is -0.305 e. The highest BCUT2D eigenvalue weighted by Crippen LogP contribution is 2.42. The van der Waals surface area contributed by atoms with Crippen LogP contribution in [0.2, 0.25) is 0 Å². The highest BCUT2D eigenvalue weighted by atomic mass is 32.2. The van der Waals surface area contributed by atoms with E-state index in [1.807, 2.05) is 0 Å². The van der Waals surface area contributed by atoms with E-state index >= 15 is 0 Å². The van der Waals surface area contributed by atoms with E-state index < -0.39 is 27.6 Å². The second kappa shape index (κ2) is 7.06. The number of aromatic nitrogens is 3. The SMILES string of the molecule is CC1CCc2c1nc1c(c2NC(=O)N=S(N)(=O)c2cnn3c2C(F)(F)CCC3)CCC1. The fourth-order valence-electron chi connectivity index (χ4n) is 4.94. The Balaban J connectivity index is 1.52. The van der Waals surface area contributed by atoms with Crippen molar-refractivity contribution in [3.05, 3.63) is 34.4 Å². The molecule has 0 fully saturated rings. The number of urea groups is 1. The van der Waals surface area contributed by atoms with Crippen molar-refractivity contribution in [2.75, 3.05) is 5.32 Å². The van der Waals surface area contributed by atoms with Gasteiger partial charge in [0, 0.05) is 24.4 Å². The van der Waals surface area contributed by atoms with Gasteiger partial charge >= 0.3 is 6.03 Å². The number of rotatable bonds is 2. The number of anilines is 1. The highest BCUT2D eigenvalue weighted by molar-refractivity contribution is 7.91. The fourth-order valence-corrected chi connectivity index (χ4v) is 6.07. The molecule has 3 heterocycles. The van der Waals surface area contributed by atoms with Gasteiger partial charge in [0.05, 0.1) is 11.9 Å². The van der Waals surface area contributed by atoms with Gasteiger partial charge in [0.1, 0.15) is 20.5 Å². The highest BCUT2D eigenvalue weighted by Gasteiger charge is 2.42. The largest absolute Gasteiger partial charge is 0.354 e. The lowest BCUT2D eigenvalue weighted by Gasteiger charge is -2.24. The van der Waals surface area contributed by atoms with Gasteiger partial charge in [-0.15, -0.1) is 4.36 Å². The zero-order valence-corrected chi connectivity index (χ0v) is 18.0. The number of hydrogen-bond donors (Lipinski definition) is 2. The molecule has 2 unspecified atom stereocenters. The average molecular weight is 451 g/mol. The molecule has 2 aromatic heterocycles. The Morgan fingerprint density at radius 1 is 1.32 bits per heavy atom. The molecule has 3 aliphatic rings. The second-order valence-electron chi connectivity index (χ2n) is 8.55. The second-order valence-corrected chi connectivity index (χ2v) is 10.3. The third kappa shape index (κ3) is 3.34. The molecule has 31 heavy (non-hydrogen) atoms. The van der Waals surface area contributed by atoms with Gasteiger partial charge in [0.2, 0.25) is 0 Å². The number of carbonyl (C=O) groups excluding carboxylic acids is 1. The van der Waals surface area contributed by atoms with E-state index in [9.17, 15) is 17.8 Å². The van der Waals surface area contributed by atoms with Gasteiger partial charge in [0.15, 0.2) is 0 Å². The van der Waals surface area contributed by atoms with E-state index in [-0.39, 0.29) is 24.3 Å². The number of nitrogens with one attached hydrogen (secondary N) is 1. The normalized spacial score (nSPS) is 22.9. The quantitative estimate of drug-likeness (QED) is 0.727. The van der Waals surface area contributed by atoms with Gasteiger partial charge in [-0.05, 0) is 55.6 Å². The third-order valence-electron chi connectivity index (χ3n) is 6.43. The topological polar surface area (TPSA) is 115 Å². The first-order valence-electron chi connectivity index (χ1n) is 10.5. The Hall–Kier alpha value is -2.40. The van der Waals surface area contributed by atoms with E-state index in [0.29, 0.717) is 11.6 Å². The third-order valence-corrected chi connectivity index (χ3v) is 7.80. The number of pyridine rings is 1. The van der Waals surface area contributed by atoms with Crippen LogP contribution in [-0.4, -0.2) is 25.0 Å². The predicted octanol–water partition coefficient (Wildman–Crippen LogP) is 3.63. The summed E-state index contributed by atoms with van der Waals surface area (Å²) in [6, 6.07) is -0.909. The zero-order valence-electron chi connectivity index (χ0n) is 17.2. The van der Waals surface area contributed by atoms with Crippen LogP contribution in [0.5, 0.6) is 0 Å². The van der Waals surface area contributed by atoms with Crippen molar-refractivity contribution < 1.29 is 17.8 Å². The molecule has 0 spiro atoms. The van der Waals surface area contributed by atoms with Crippen LogP contribution in [0.4, 0.5) is 19.3 Å². The van der Waals surface area contributed by atoms with Crippen LogP contribution in [0.15, 0.2) is 15.5 Å². The molecule has 3 N–H and O–H groups in total. The van der Waals surface area contributed by atoms with Crippen molar-refractivity contribution in [1.82, 2.24) is 14.8 Å². The van der Waals surface area contributed by atoms with Gasteiger partial charge in [-0.3, -0.25) is 9.67 Å². The number of nitrogens with two attached hydrogens (primary N) is 1. The summed E-state index contributed by atoms with van der Waals surface area (Å²) in [7, 11) is -3.90. The minimum absolute atomic E-state index is 0.251. The molecule has 0 aromatic carbocycles. The summed E-state index contributed by atoms with van der Waals surface area (Å²) in [5, 5.41) is 12.5. The molecule has 8 nitrogen and oxygen atoms in total. The molecular formula is C20H24F2N6O2S. The predicted molar refractivity (Wildman–Crippen MR) is 110 cm³/mol. The molecule has 0 radical (unpaired) electrons. The lowest BCUT2D eigenvalue weighted by molar-refractivity contribution is -0.0393. The fraction of sp³-hybridized carbons (Fsp3) is 0.550. The number of nitrogens with zero attached hydrogens (tertiary/aromatic N) is 4. The molecule has 2 atom stereocenters.